The Labute approximate surface area is 196 Å². The van der Waals surface area contributed by atoms with Crippen molar-refractivity contribution in [3.8, 4) is 5.69 Å². The number of carbonyl (C=O) groups is 2. The van der Waals surface area contributed by atoms with Crippen LogP contribution in [0.25, 0.3) is 5.69 Å². The van der Waals surface area contributed by atoms with E-state index in [0.29, 0.717) is 28.0 Å². The van der Waals surface area contributed by atoms with Gasteiger partial charge in [-0.2, -0.15) is 5.10 Å². The highest BCUT2D eigenvalue weighted by Crippen LogP contribution is 2.30. The Kier molecular flexibility index (Phi) is 7.11. The van der Waals surface area contributed by atoms with E-state index in [1.807, 2.05) is 51.1 Å². The number of carbonyl (C=O) groups excluding carboxylic acids is 1. The number of carboxylic acids is 1. The van der Waals surface area contributed by atoms with Crippen LogP contribution >= 0.6 is 23.2 Å². The average molecular weight is 475 g/mol. The molecule has 0 aliphatic rings. The van der Waals surface area contributed by atoms with Gasteiger partial charge in [-0.15, -0.1) is 0 Å². The van der Waals surface area contributed by atoms with E-state index in [9.17, 15) is 9.59 Å². The van der Waals surface area contributed by atoms with Crippen molar-refractivity contribution < 1.29 is 14.7 Å². The zero-order valence-electron chi connectivity index (χ0n) is 17.9. The summed E-state index contributed by atoms with van der Waals surface area (Å²) in [5, 5.41) is 19.7. The van der Waals surface area contributed by atoms with E-state index in [2.05, 4.69) is 15.7 Å². The van der Waals surface area contributed by atoms with E-state index >= 15 is 0 Å². The number of anilines is 2. The Hall–Kier alpha value is -3.03. The normalized spacial score (nSPS) is 11.3. The number of nitrogens with zero attached hydrogens (tertiary/aromatic N) is 2. The molecule has 0 saturated heterocycles. The number of halogens is 2. The summed E-state index contributed by atoms with van der Waals surface area (Å²) < 4.78 is 1.63. The highest BCUT2D eigenvalue weighted by molar-refractivity contribution is 6.39. The Morgan fingerprint density at radius 3 is 2.22 bits per heavy atom. The lowest BCUT2D eigenvalue weighted by atomic mass is 9.92. The minimum Gasteiger partial charge on any atom is -0.481 e. The largest absolute Gasteiger partial charge is 0.481 e. The number of aromatic nitrogens is 2. The van der Waals surface area contributed by atoms with Crippen LogP contribution < -0.4 is 10.6 Å². The molecule has 9 heteroatoms. The molecule has 2 amide bonds. The topological polar surface area (TPSA) is 96.2 Å². The summed E-state index contributed by atoms with van der Waals surface area (Å²) in [6.45, 7) is 6.09. The number of para-hydroxylation sites is 1. The molecule has 0 unspecified atom stereocenters. The molecule has 0 spiro atoms. The van der Waals surface area contributed by atoms with Gasteiger partial charge in [0.1, 0.15) is 5.82 Å². The van der Waals surface area contributed by atoms with Crippen molar-refractivity contribution in [3.63, 3.8) is 0 Å². The van der Waals surface area contributed by atoms with Crippen LogP contribution in [0.5, 0.6) is 0 Å². The lowest BCUT2D eigenvalue weighted by Crippen LogP contribution is -2.21. The van der Waals surface area contributed by atoms with E-state index in [-0.39, 0.29) is 11.8 Å². The zero-order valence-corrected chi connectivity index (χ0v) is 19.5. The summed E-state index contributed by atoms with van der Waals surface area (Å²) in [6.07, 6.45) is 0.501. The van der Waals surface area contributed by atoms with Gasteiger partial charge >= 0.3 is 12.0 Å². The standard InChI is InChI=1S/C23H24Cl2N4O3/c1-23(2,3)18-13-19(26-22(32)27-21-16(24)5-4-6-17(21)25)29(28-18)15-10-7-14(8-11-15)9-12-20(30)31/h4-8,10-11,13H,9,12H2,1-3H3,(H,30,31)(H2,26,27,32). The molecule has 0 fully saturated rings. The first-order valence-corrected chi connectivity index (χ1v) is 10.7. The van der Waals surface area contributed by atoms with Crippen LogP contribution in [-0.2, 0) is 16.6 Å². The third-order valence-electron chi connectivity index (χ3n) is 4.73. The van der Waals surface area contributed by atoms with Crippen LogP contribution in [-0.4, -0.2) is 26.9 Å². The van der Waals surface area contributed by atoms with E-state index < -0.39 is 12.0 Å². The quantitative estimate of drug-likeness (QED) is 0.399. The van der Waals surface area contributed by atoms with Crippen LogP contribution in [0.1, 0.15) is 38.4 Å². The molecule has 0 aliphatic carbocycles. The first-order valence-electron chi connectivity index (χ1n) is 9.98. The number of rotatable bonds is 6. The number of nitrogens with one attached hydrogen (secondary N) is 2. The average Bonchev–Trinajstić information content (AvgIpc) is 3.14. The van der Waals surface area contributed by atoms with E-state index in [1.165, 1.54) is 0 Å². The fourth-order valence-corrected chi connectivity index (χ4v) is 3.46. The molecule has 3 rings (SSSR count). The SMILES string of the molecule is CC(C)(C)c1cc(NC(=O)Nc2c(Cl)cccc2Cl)n(-c2ccc(CCC(=O)O)cc2)n1. The Morgan fingerprint density at radius 2 is 1.66 bits per heavy atom. The summed E-state index contributed by atoms with van der Waals surface area (Å²) >= 11 is 12.3. The highest BCUT2D eigenvalue weighted by atomic mass is 35.5. The Bertz CT molecular complexity index is 1110. The van der Waals surface area contributed by atoms with Crippen molar-refractivity contribution in [3.05, 3.63) is 69.8 Å². The fourth-order valence-electron chi connectivity index (χ4n) is 2.97. The van der Waals surface area contributed by atoms with Gasteiger partial charge in [0.25, 0.3) is 0 Å². The molecule has 168 valence electrons. The Morgan fingerprint density at radius 1 is 1.03 bits per heavy atom. The number of amides is 2. The number of benzene rings is 2. The molecule has 32 heavy (non-hydrogen) atoms. The molecule has 1 heterocycles. The summed E-state index contributed by atoms with van der Waals surface area (Å²) in [5.41, 5.74) is 2.49. The maximum Gasteiger partial charge on any atom is 0.324 e. The lowest BCUT2D eigenvalue weighted by molar-refractivity contribution is -0.136. The summed E-state index contributed by atoms with van der Waals surface area (Å²) in [4.78, 5) is 23.5. The molecule has 7 nitrogen and oxygen atoms in total. The number of hydrogen-bond donors (Lipinski definition) is 3. The van der Waals surface area contributed by atoms with Gasteiger partial charge in [0.2, 0.25) is 0 Å². The maximum absolute atomic E-state index is 12.7. The first-order chi connectivity index (χ1) is 15.0. The second-order valence-corrected chi connectivity index (χ2v) is 9.13. The monoisotopic (exact) mass is 474 g/mol. The number of hydrogen-bond acceptors (Lipinski definition) is 3. The first kappa shape index (κ1) is 23.6. The van der Waals surface area contributed by atoms with Crippen molar-refractivity contribution in [1.29, 1.82) is 0 Å². The minimum atomic E-state index is -0.841. The smallest absolute Gasteiger partial charge is 0.324 e. The Balaban J connectivity index is 1.88. The van der Waals surface area contributed by atoms with Crippen molar-refractivity contribution in [2.24, 2.45) is 0 Å². The number of aliphatic carboxylic acids is 1. The van der Waals surface area contributed by atoms with Crippen LogP contribution in [0.4, 0.5) is 16.3 Å². The van der Waals surface area contributed by atoms with Gasteiger partial charge < -0.3 is 10.4 Å². The van der Waals surface area contributed by atoms with E-state index in [4.69, 9.17) is 28.3 Å². The predicted octanol–water partition coefficient (Wildman–Crippen LogP) is 6.14. The molecular formula is C23H24Cl2N4O3. The molecule has 3 N–H and O–H groups in total. The van der Waals surface area contributed by atoms with Gasteiger partial charge in [-0.3, -0.25) is 10.1 Å². The zero-order chi connectivity index (χ0) is 23.5. The second kappa shape index (κ2) is 9.63. The number of urea groups is 1. The predicted molar refractivity (Wildman–Crippen MR) is 127 cm³/mol. The second-order valence-electron chi connectivity index (χ2n) is 8.31. The van der Waals surface area contributed by atoms with Gasteiger partial charge in [0, 0.05) is 17.9 Å². The van der Waals surface area contributed by atoms with Crippen LogP contribution in [0.15, 0.2) is 48.5 Å². The van der Waals surface area contributed by atoms with Gasteiger partial charge in [-0.1, -0.05) is 62.2 Å². The maximum atomic E-state index is 12.7. The van der Waals surface area contributed by atoms with Crippen LogP contribution in [0.2, 0.25) is 10.0 Å². The molecule has 0 atom stereocenters. The summed E-state index contributed by atoms with van der Waals surface area (Å²) in [6, 6.07) is 13.6. The van der Waals surface area contributed by atoms with Crippen molar-refractivity contribution >= 4 is 46.7 Å². The molecule has 0 saturated carbocycles. The summed E-state index contributed by atoms with van der Waals surface area (Å²) in [7, 11) is 0. The summed E-state index contributed by atoms with van der Waals surface area (Å²) in [5.74, 6) is -0.374. The molecule has 0 radical (unpaired) electrons. The van der Waals surface area contributed by atoms with Gasteiger partial charge in [0.05, 0.1) is 27.1 Å². The number of carboxylic acid groups (broad SMARTS) is 1. The van der Waals surface area contributed by atoms with Gasteiger partial charge in [-0.05, 0) is 36.2 Å². The molecule has 0 aliphatic heterocycles. The molecule has 3 aromatic rings. The van der Waals surface area contributed by atoms with Crippen molar-refractivity contribution in [2.75, 3.05) is 10.6 Å². The van der Waals surface area contributed by atoms with Gasteiger partial charge in [0.15, 0.2) is 0 Å². The van der Waals surface area contributed by atoms with Crippen molar-refractivity contribution in [1.82, 2.24) is 9.78 Å². The molecule has 2 aromatic carbocycles. The van der Waals surface area contributed by atoms with E-state index in [0.717, 1.165) is 16.9 Å². The third kappa shape index (κ3) is 5.81. The number of aryl methyl sites for hydroxylation is 1. The minimum absolute atomic E-state index is 0.0624. The van der Waals surface area contributed by atoms with Crippen LogP contribution in [0.3, 0.4) is 0 Å². The molecule has 0 bridgehead atoms. The molecular weight excluding hydrogens is 451 g/mol. The third-order valence-corrected chi connectivity index (χ3v) is 5.36. The van der Waals surface area contributed by atoms with Gasteiger partial charge in [-0.25, -0.2) is 9.48 Å². The van der Waals surface area contributed by atoms with Crippen molar-refractivity contribution in [2.45, 2.75) is 39.0 Å². The highest BCUT2D eigenvalue weighted by Gasteiger charge is 2.22. The lowest BCUT2D eigenvalue weighted by Gasteiger charge is -2.14. The van der Waals surface area contributed by atoms with Crippen LogP contribution in [0, 0.1) is 0 Å². The molecule has 1 aromatic heterocycles. The van der Waals surface area contributed by atoms with E-state index in [1.54, 1.807) is 22.9 Å². The fraction of sp³-hybridized carbons (Fsp3) is 0.261.